The summed E-state index contributed by atoms with van der Waals surface area (Å²) in [7, 11) is 3.03. The molecule has 2 aromatic heterocycles. The molecule has 2 fully saturated rings. The number of aromatic nitrogens is 4. The molecule has 2 heterocycles. The van der Waals surface area contributed by atoms with Crippen molar-refractivity contribution in [3.8, 4) is 34.5 Å². The Morgan fingerprint density at radius 1 is 1.09 bits per heavy atom. The van der Waals surface area contributed by atoms with E-state index in [1.807, 2.05) is 0 Å². The van der Waals surface area contributed by atoms with Crippen LogP contribution in [0.4, 0.5) is 0 Å². The van der Waals surface area contributed by atoms with E-state index in [2.05, 4.69) is 15.2 Å². The third-order valence-electron chi connectivity index (χ3n) is 7.00. The average Bonchev–Trinajstić information content (AvgIpc) is 3.45. The maximum atomic E-state index is 13.9. The van der Waals surface area contributed by atoms with E-state index in [-0.39, 0.29) is 29.1 Å². The molecule has 10 heteroatoms. The van der Waals surface area contributed by atoms with Crippen molar-refractivity contribution in [1.82, 2.24) is 19.7 Å². The summed E-state index contributed by atoms with van der Waals surface area (Å²) in [5.74, 6) is 1.32. The molecular formula is C25H28N4O6. The van der Waals surface area contributed by atoms with E-state index in [0.29, 0.717) is 48.2 Å². The third-order valence-corrected chi connectivity index (χ3v) is 7.00. The second-order valence-corrected chi connectivity index (χ2v) is 9.04. The molecule has 184 valence electrons. The Morgan fingerprint density at radius 3 is 2.43 bits per heavy atom. The molecule has 0 spiro atoms. The molecule has 0 aliphatic heterocycles. The minimum absolute atomic E-state index is 0.0115. The third kappa shape index (κ3) is 4.17. The number of Topliss-reactive ketones (excluding diaryl/α,β-unsaturated/α-hetero) is 1. The molecule has 10 nitrogen and oxygen atoms in total. The molecule has 3 aromatic rings. The number of hydrogen-bond acceptors (Lipinski definition) is 9. The second kappa shape index (κ2) is 9.52. The van der Waals surface area contributed by atoms with Crippen LogP contribution < -0.4 is 15.0 Å². The van der Waals surface area contributed by atoms with Crippen LogP contribution >= 0.6 is 0 Å². The molecule has 0 saturated heterocycles. The zero-order valence-electron chi connectivity index (χ0n) is 19.8. The summed E-state index contributed by atoms with van der Waals surface area (Å²) >= 11 is 0. The molecule has 1 aromatic carbocycles. The van der Waals surface area contributed by atoms with E-state index in [0.717, 1.165) is 32.1 Å². The summed E-state index contributed by atoms with van der Waals surface area (Å²) in [6, 6.07) is 5.23. The van der Waals surface area contributed by atoms with E-state index in [1.165, 1.54) is 18.8 Å². The maximum Gasteiger partial charge on any atom is 0.275 e. The van der Waals surface area contributed by atoms with Crippen molar-refractivity contribution in [2.75, 3.05) is 14.2 Å². The highest BCUT2D eigenvalue weighted by atomic mass is 16.5. The van der Waals surface area contributed by atoms with Gasteiger partial charge in [-0.05, 0) is 44.2 Å². The Hall–Kier alpha value is -3.69. The van der Waals surface area contributed by atoms with Crippen molar-refractivity contribution < 1.29 is 23.8 Å². The fourth-order valence-electron chi connectivity index (χ4n) is 4.87. The summed E-state index contributed by atoms with van der Waals surface area (Å²) in [5.41, 5.74) is -0.335. The van der Waals surface area contributed by atoms with Gasteiger partial charge >= 0.3 is 0 Å². The lowest BCUT2D eigenvalue weighted by molar-refractivity contribution is -0.120. The first kappa shape index (κ1) is 23.1. The topological polar surface area (TPSA) is 130 Å². The van der Waals surface area contributed by atoms with E-state index < -0.39 is 11.4 Å². The molecule has 2 saturated carbocycles. The average molecular weight is 481 g/mol. The van der Waals surface area contributed by atoms with Crippen LogP contribution in [0, 0.1) is 5.92 Å². The Morgan fingerprint density at radius 2 is 1.83 bits per heavy atom. The summed E-state index contributed by atoms with van der Waals surface area (Å²) in [6.07, 6.45) is 6.18. The molecule has 0 bridgehead atoms. The summed E-state index contributed by atoms with van der Waals surface area (Å²) < 4.78 is 18.3. The van der Waals surface area contributed by atoms with Crippen LogP contribution in [-0.2, 0) is 11.2 Å². The number of rotatable bonds is 8. The molecule has 1 atom stereocenters. The lowest BCUT2D eigenvalue weighted by atomic mass is 9.84. The van der Waals surface area contributed by atoms with Crippen molar-refractivity contribution in [3.63, 3.8) is 0 Å². The second-order valence-electron chi connectivity index (χ2n) is 9.04. The highest BCUT2D eigenvalue weighted by molar-refractivity contribution is 5.82. The lowest BCUT2D eigenvalue weighted by Gasteiger charge is -2.28. The minimum Gasteiger partial charge on any atom is -0.494 e. The molecule has 0 radical (unpaired) electrons. The number of nitrogens with zero attached hydrogens (tertiary/aromatic N) is 4. The molecule has 2 aliphatic rings. The molecule has 35 heavy (non-hydrogen) atoms. The van der Waals surface area contributed by atoms with Gasteiger partial charge in [0.25, 0.3) is 11.4 Å². The van der Waals surface area contributed by atoms with Crippen molar-refractivity contribution >= 4 is 5.78 Å². The fourth-order valence-corrected chi connectivity index (χ4v) is 4.87. The van der Waals surface area contributed by atoms with Gasteiger partial charge in [0.05, 0.1) is 14.2 Å². The van der Waals surface area contributed by atoms with Crippen molar-refractivity contribution in [2.24, 2.45) is 5.92 Å². The Balaban J connectivity index is 1.59. The highest BCUT2D eigenvalue weighted by Gasteiger charge is 2.32. The number of carbonyl (C=O) groups is 1. The van der Waals surface area contributed by atoms with E-state index in [4.69, 9.17) is 13.9 Å². The van der Waals surface area contributed by atoms with Crippen LogP contribution in [0.25, 0.3) is 17.1 Å². The highest BCUT2D eigenvalue weighted by Crippen LogP contribution is 2.40. The molecular weight excluding hydrogens is 452 g/mol. The number of benzene rings is 1. The molecule has 2 aliphatic carbocycles. The minimum atomic E-state index is -0.552. The Bertz CT molecular complexity index is 1290. The predicted molar refractivity (Wildman–Crippen MR) is 125 cm³/mol. The maximum absolute atomic E-state index is 13.9. The smallest absolute Gasteiger partial charge is 0.275 e. The number of hydrogen-bond donors (Lipinski definition) is 1. The molecule has 0 amide bonds. The van der Waals surface area contributed by atoms with E-state index in [1.54, 1.807) is 18.2 Å². The van der Waals surface area contributed by atoms with Gasteiger partial charge in [-0.2, -0.15) is 4.98 Å². The first-order chi connectivity index (χ1) is 17.0. The standard InChI is InChI=1S/C25H28N4O6/c1-33-17-10-5-11-18(34-2)21(17)29-22(15-7-3-8-15)26-23(31)20(25(29)32)24-28-27-19(35-24)13-12-14-6-4-9-16(14)30/h5,10-11,14-15,31H,3-4,6-9,12-13H2,1-2H3. The van der Waals surface area contributed by atoms with Crippen LogP contribution in [0.2, 0.25) is 0 Å². The normalized spacial score (nSPS) is 18.0. The lowest BCUT2D eigenvalue weighted by Crippen LogP contribution is -2.29. The summed E-state index contributed by atoms with van der Waals surface area (Å²) in [5, 5.41) is 18.9. The van der Waals surface area contributed by atoms with Crippen LogP contribution in [0.1, 0.15) is 62.6 Å². The van der Waals surface area contributed by atoms with Gasteiger partial charge < -0.3 is 19.0 Å². The van der Waals surface area contributed by atoms with Gasteiger partial charge in [0.2, 0.25) is 11.8 Å². The van der Waals surface area contributed by atoms with Gasteiger partial charge in [-0.25, -0.2) is 0 Å². The van der Waals surface area contributed by atoms with Crippen LogP contribution in [0.3, 0.4) is 0 Å². The summed E-state index contributed by atoms with van der Waals surface area (Å²) in [6.45, 7) is 0. The predicted octanol–water partition coefficient (Wildman–Crippen LogP) is 3.57. The number of carbonyl (C=O) groups excluding carboxylic acids is 1. The van der Waals surface area contributed by atoms with Gasteiger partial charge in [-0.1, -0.05) is 12.5 Å². The number of para-hydroxylation sites is 1. The van der Waals surface area contributed by atoms with Crippen molar-refractivity contribution in [1.29, 1.82) is 0 Å². The van der Waals surface area contributed by atoms with Gasteiger partial charge in [-0.15, -0.1) is 10.2 Å². The van der Waals surface area contributed by atoms with Crippen LogP contribution in [0.15, 0.2) is 27.4 Å². The first-order valence-corrected chi connectivity index (χ1v) is 11.9. The van der Waals surface area contributed by atoms with Gasteiger partial charge in [0.15, 0.2) is 5.56 Å². The largest absolute Gasteiger partial charge is 0.494 e. The molecule has 1 N–H and O–H groups in total. The van der Waals surface area contributed by atoms with Crippen molar-refractivity contribution in [2.45, 2.75) is 57.3 Å². The SMILES string of the molecule is COc1cccc(OC)c1-n1c(C2CCC2)nc(O)c(-c2nnc(CCC3CCCC3=O)o2)c1=O. The summed E-state index contributed by atoms with van der Waals surface area (Å²) in [4.78, 5) is 30.2. The number of aryl methyl sites for hydroxylation is 1. The van der Waals surface area contributed by atoms with Crippen LogP contribution in [-0.4, -0.2) is 44.9 Å². The zero-order chi connectivity index (χ0) is 24.5. The van der Waals surface area contributed by atoms with E-state index in [9.17, 15) is 14.7 Å². The monoisotopic (exact) mass is 480 g/mol. The Labute approximate surface area is 201 Å². The van der Waals surface area contributed by atoms with Gasteiger partial charge in [0.1, 0.15) is 28.8 Å². The van der Waals surface area contributed by atoms with Crippen LogP contribution in [0.5, 0.6) is 17.4 Å². The van der Waals surface area contributed by atoms with Crippen molar-refractivity contribution in [3.05, 3.63) is 40.3 Å². The number of aromatic hydroxyl groups is 1. The number of methoxy groups -OCH3 is 2. The number of ketones is 1. The van der Waals surface area contributed by atoms with E-state index >= 15 is 0 Å². The molecule has 1 unspecified atom stereocenters. The van der Waals surface area contributed by atoms with Gasteiger partial charge in [-0.3, -0.25) is 14.2 Å². The van der Waals surface area contributed by atoms with Gasteiger partial charge in [0, 0.05) is 24.7 Å². The Kier molecular flexibility index (Phi) is 6.27. The molecule has 5 rings (SSSR count). The first-order valence-electron chi connectivity index (χ1n) is 11.9. The number of ether oxygens (including phenoxy) is 2. The fraction of sp³-hybridized carbons (Fsp3) is 0.480. The zero-order valence-corrected chi connectivity index (χ0v) is 19.8. The quantitative estimate of drug-likeness (QED) is 0.514.